The van der Waals surface area contributed by atoms with E-state index in [0.29, 0.717) is 53.1 Å². The number of fused-ring (bicyclic) bond motifs is 1. The van der Waals surface area contributed by atoms with E-state index in [-0.39, 0.29) is 18.0 Å². The molecule has 3 aromatic rings. The maximum absolute atomic E-state index is 13.7. The number of carbonyl (C=O) groups excluding carboxylic acids is 1. The lowest BCUT2D eigenvalue weighted by Gasteiger charge is -2.32. The summed E-state index contributed by atoms with van der Waals surface area (Å²) in [6.07, 6.45) is 5.88. The normalized spacial score (nSPS) is 18.7. The number of benzene rings is 1. The van der Waals surface area contributed by atoms with Crippen molar-refractivity contribution in [1.29, 1.82) is 0 Å². The Morgan fingerprint density at radius 3 is 2.63 bits per heavy atom. The van der Waals surface area contributed by atoms with Crippen LogP contribution in [-0.4, -0.2) is 68.1 Å². The number of hydrogen-bond acceptors (Lipinski definition) is 8. The molecule has 5 rings (SSSR count). The molecule has 1 aromatic carbocycles. The monoisotopic (exact) mass is 521 g/mol. The van der Waals surface area contributed by atoms with E-state index < -0.39 is 6.09 Å². The Morgan fingerprint density at radius 1 is 1.16 bits per heavy atom. The Kier molecular flexibility index (Phi) is 7.03. The van der Waals surface area contributed by atoms with Crippen molar-refractivity contribution in [3.8, 4) is 22.8 Å². The summed E-state index contributed by atoms with van der Waals surface area (Å²) in [5.74, 6) is 1.48. The number of ether oxygens (including phenoxy) is 2. The Balaban J connectivity index is 1.47. The van der Waals surface area contributed by atoms with Gasteiger partial charge in [-0.25, -0.2) is 14.8 Å². The van der Waals surface area contributed by atoms with E-state index in [1.54, 1.807) is 43.1 Å². The van der Waals surface area contributed by atoms with Gasteiger partial charge in [0.2, 0.25) is 5.95 Å². The van der Waals surface area contributed by atoms with E-state index in [2.05, 4.69) is 15.7 Å². The number of aryl methyl sites for hydroxylation is 1. The van der Waals surface area contributed by atoms with E-state index >= 15 is 0 Å². The highest BCUT2D eigenvalue weighted by Gasteiger charge is 2.35. The molecule has 0 radical (unpaired) electrons. The van der Waals surface area contributed by atoms with Crippen LogP contribution in [0.4, 0.5) is 10.7 Å². The van der Waals surface area contributed by atoms with Crippen LogP contribution in [0.1, 0.15) is 47.3 Å². The van der Waals surface area contributed by atoms with Gasteiger partial charge in [-0.1, -0.05) is 12.8 Å². The van der Waals surface area contributed by atoms with E-state index in [0.717, 1.165) is 31.2 Å². The maximum Gasteiger partial charge on any atom is 0.404 e. The van der Waals surface area contributed by atoms with Gasteiger partial charge >= 0.3 is 6.09 Å². The largest absolute Gasteiger partial charge is 0.497 e. The molecule has 2 unspecified atom stereocenters. The molecule has 38 heavy (non-hydrogen) atoms. The van der Waals surface area contributed by atoms with Crippen LogP contribution in [-0.2, 0) is 20.1 Å². The lowest BCUT2D eigenvalue weighted by molar-refractivity contribution is 0.0765. The molecular weight excluding hydrogens is 490 g/mol. The van der Waals surface area contributed by atoms with Crippen LogP contribution in [0.5, 0.6) is 11.5 Å². The molecule has 1 fully saturated rings. The summed E-state index contributed by atoms with van der Waals surface area (Å²) < 4.78 is 12.5. The van der Waals surface area contributed by atoms with Crippen molar-refractivity contribution >= 4 is 17.9 Å². The van der Waals surface area contributed by atoms with Gasteiger partial charge in [0.1, 0.15) is 11.5 Å². The Labute approximate surface area is 220 Å². The molecular formula is C26H31N7O5. The van der Waals surface area contributed by atoms with Gasteiger partial charge in [-0.3, -0.25) is 9.48 Å². The third-order valence-corrected chi connectivity index (χ3v) is 7.05. The molecule has 2 atom stereocenters. The average molecular weight is 522 g/mol. The minimum Gasteiger partial charge on any atom is -0.497 e. The Hall–Kier alpha value is -4.35. The molecule has 12 nitrogen and oxygen atoms in total. The lowest BCUT2D eigenvalue weighted by atomic mass is 9.90. The summed E-state index contributed by atoms with van der Waals surface area (Å²) in [5, 5.41) is 19.5. The molecule has 2 aliphatic rings. The molecule has 3 N–H and O–H groups in total. The van der Waals surface area contributed by atoms with E-state index in [1.807, 2.05) is 18.3 Å². The number of aromatic nitrogens is 4. The first-order chi connectivity index (χ1) is 18.4. The quantitative estimate of drug-likeness (QED) is 0.407. The van der Waals surface area contributed by atoms with Crippen LogP contribution >= 0.6 is 0 Å². The number of carbonyl (C=O) groups is 2. The number of methoxy groups -OCH3 is 2. The Morgan fingerprint density at radius 2 is 1.95 bits per heavy atom. The zero-order valence-corrected chi connectivity index (χ0v) is 21.6. The SMILES string of the molecule is COc1ccc(CN2Cc3nc(NC4CCCCC4NC(=O)O)nc(-c4cnn(C)c4)c3C2=O)c(OC)c1. The molecule has 1 aliphatic carbocycles. The molecule has 0 bridgehead atoms. The first-order valence-electron chi connectivity index (χ1n) is 12.5. The van der Waals surface area contributed by atoms with Crippen molar-refractivity contribution < 1.29 is 24.2 Å². The highest BCUT2D eigenvalue weighted by atomic mass is 16.5. The first kappa shape index (κ1) is 25.3. The predicted molar refractivity (Wildman–Crippen MR) is 138 cm³/mol. The Bertz CT molecular complexity index is 1360. The number of rotatable bonds is 8. The smallest absolute Gasteiger partial charge is 0.404 e. The van der Waals surface area contributed by atoms with Crippen molar-refractivity contribution in [2.45, 2.75) is 50.9 Å². The summed E-state index contributed by atoms with van der Waals surface area (Å²) in [7, 11) is 4.98. The molecule has 0 spiro atoms. The van der Waals surface area contributed by atoms with Crippen molar-refractivity contribution in [2.24, 2.45) is 7.05 Å². The molecule has 2 aromatic heterocycles. The van der Waals surface area contributed by atoms with Crippen LogP contribution in [0.3, 0.4) is 0 Å². The molecule has 200 valence electrons. The maximum atomic E-state index is 13.7. The van der Waals surface area contributed by atoms with Gasteiger partial charge in [0.25, 0.3) is 5.91 Å². The fourth-order valence-electron chi connectivity index (χ4n) is 5.19. The summed E-state index contributed by atoms with van der Waals surface area (Å²) >= 11 is 0. The number of anilines is 1. The number of amides is 2. The van der Waals surface area contributed by atoms with Gasteiger partial charge in [-0.15, -0.1) is 0 Å². The standard InChI is InChI=1S/C26H31N7O5/c1-32-12-16(11-27-32)23-22-20(29-25(31-23)28-18-6-4-5-7-19(18)30-26(35)36)14-33(24(22)34)13-15-8-9-17(37-2)10-21(15)38-3/h8-12,18-19,30H,4-7,13-14H2,1-3H3,(H,35,36)(H,28,29,31). The fourth-order valence-corrected chi connectivity index (χ4v) is 5.19. The second-order valence-electron chi connectivity index (χ2n) is 9.55. The van der Waals surface area contributed by atoms with Gasteiger partial charge in [0, 0.05) is 36.5 Å². The van der Waals surface area contributed by atoms with E-state index in [9.17, 15) is 14.7 Å². The number of hydrogen-bond donors (Lipinski definition) is 3. The van der Waals surface area contributed by atoms with Gasteiger partial charge in [0.15, 0.2) is 0 Å². The molecule has 1 saturated carbocycles. The van der Waals surface area contributed by atoms with Crippen LogP contribution < -0.4 is 20.1 Å². The number of nitrogens with zero attached hydrogens (tertiary/aromatic N) is 5. The molecule has 3 heterocycles. The highest BCUT2D eigenvalue weighted by molar-refractivity contribution is 6.03. The first-order valence-corrected chi connectivity index (χ1v) is 12.5. The van der Waals surface area contributed by atoms with Gasteiger partial charge < -0.3 is 30.1 Å². The minimum atomic E-state index is -1.05. The van der Waals surface area contributed by atoms with Crippen molar-refractivity contribution in [2.75, 3.05) is 19.5 Å². The van der Waals surface area contributed by atoms with Crippen molar-refractivity contribution in [3.63, 3.8) is 0 Å². The van der Waals surface area contributed by atoms with E-state index in [1.165, 1.54) is 0 Å². The molecule has 0 saturated heterocycles. The van der Waals surface area contributed by atoms with Crippen LogP contribution in [0.15, 0.2) is 30.6 Å². The fraction of sp³-hybridized carbons (Fsp3) is 0.423. The lowest BCUT2D eigenvalue weighted by Crippen LogP contribution is -2.48. The van der Waals surface area contributed by atoms with Crippen molar-refractivity contribution in [3.05, 3.63) is 47.4 Å². The summed E-state index contributed by atoms with van der Waals surface area (Å²) in [4.78, 5) is 36.2. The second kappa shape index (κ2) is 10.6. The molecule has 12 heteroatoms. The zero-order chi connectivity index (χ0) is 26.8. The van der Waals surface area contributed by atoms with Gasteiger partial charge in [-0.2, -0.15) is 5.10 Å². The third-order valence-electron chi connectivity index (χ3n) is 7.05. The zero-order valence-electron chi connectivity index (χ0n) is 21.6. The van der Waals surface area contributed by atoms with Gasteiger partial charge in [-0.05, 0) is 25.0 Å². The topological polar surface area (TPSA) is 144 Å². The van der Waals surface area contributed by atoms with Crippen LogP contribution in [0, 0.1) is 0 Å². The van der Waals surface area contributed by atoms with Crippen molar-refractivity contribution in [1.82, 2.24) is 30.0 Å². The predicted octanol–water partition coefficient (Wildman–Crippen LogP) is 3.04. The molecule has 1 aliphatic heterocycles. The van der Waals surface area contributed by atoms with Crippen LogP contribution in [0.25, 0.3) is 11.3 Å². The van der Waals surface area contributed by atoms with E-state index in [4.69, 9.17) is 19.4 Å². The summed E-state index contributed by atoms with van der Waals surface area (Å²) in [6.45, 7) is 0.625. The highest BCUT2D eigenvalue weighted by Crippen LogP contribution is 2.34. The van der Waals surface area contributed by atoms with Gasteiger partial charge in [0.05, 0.1) is 56.5 Å². The number of nitrogens with one attached hydrogen (secondary N) is 2. The number of carboxylic acid groups (broad SMARTS) is 1. The third kappa shape index (κ3) is 5.06. The minimum absolute atomic E-state index is 0.156. The summed E-state index contributed by atoms with van der Waals surface area (Å²) in [6, 6.07) is 5.10. The summed E-state index contributed by atoms with van der Waals surface area (Å²) in [5.41, 5.74) is 3.10. The average Bonchev–Trinajstić information content (AvgIpc) is 3.47. The molecule has 2 amide bonds. The second-order valence-corrected chi connectivity index (χ2v) is 9.55. The van der Waals surface area contributed by atoms with Crippen LogP contribution in [0.2, 0.25) is 0 Å².